The molecule has 0 saturated heterocycles. The Hall–Kier alpha value is -1.02. The molecular formula is C14H21NS. The smallest absolute Gasteiger partial charge is 0.0869 e. The van der Waals surface area contributed by atoms with Crippen molar-refractivity contribution in [2.75, 3.05) is 0 Å². The summed E-state index contributed by atoms with van der Waals surface area (Å²) in [5.41, 5.74) is 1.27. The SMILES string of the molecule is C/C=C\C(=N)SCc1ccccc1.CCC. The lowest BCUT2D eigenvalue weighted by Gasteiger charge is -1.98. The number of rotatable bonds is 3. The van der Waals surface area contributed by atoms with E-state index in [0.717, 1.165) is 5.75 Å². The van der Waals surface area contributed by atoms with Crippen LogP contribution in [-0.2, 0) is 5.75 Å². The van der Waals surface area contributed by atoms with Gasteiger partial charge in [0.15, 0.2) is 0 Å². The maximum Gasteiger partial charge on any atom is 0.0869 e. The molecule has 16 heavy (non-hydrogen) atoms. The molecule has 0 spiro atoms. The van der Waals surface area contributed by atoms with Gasteiger partial charge in [0, 0.05) is 5.75 Å². The maximum atomic E-state index is 7.51. The summed E-state index contributed by atoms with van der Waals surface area (Å²) in [6.07, 6.45) is 4.95. The van der Waals surface area contributed by atoms with Gasteiger partial charge in [-0.1, -0.05) is 56.7 Å². The number of benzene rings is 1. The molecule has 0 bridgehead atoms. The highest BCUT2D eigenvalue weighted by molar-refractivity contribution is 8.13. The monoisotopic (exact) mass is 235 g/mol. The van der Waals surface area contributed by atoms with Gasteiger partial charge in [-0.3, -0.25) is 5.41 Å². The van der Waals surface area contributed by atoms with E-state index in [-0.39, 0.29) is 0 Å². The van der Waals surface area contributed by atoms with Crippen molar-refractivity contribution in [2.45, 2.75) is 32.9 Å². The van der Waals surface area contributed by atoms with E-state index in [0.29, 0.717) is 5.04 Å². The Kier molecular flexibility index (Phi) is 9.83. The summed E-state index contributed by atoms with van der Waals surface area (Å²) in [7, 11) is 0. The third-order valence-electron chi connectivity index (χ3n) is 1.56. The second-order valence-corrected chi connectivity index (χ2v) is 4.36. The van der Waals surface area contributed by atoms with Crippen LogP contribution in [0.25, 0.3) is 0 Å². The number of hydrogen-bond acceptors (Lipinski definition) is 2. The first kappa shape index (κ1) is 15.0. The highest BCUT2D eigenvalue weighted by Gasteiger charge is 1.94. The van der Waals surface area contributed by atoms with Crippen LogP contribution in [0.3, 0.4) is 0 Å². The molecule has 1 N–H and O–H groups in total. The van der Waals surface area contributed by atoms with Gasteiger partial charge in [-0.25, -0.2) is 0 Å². The zero-order chi connectivity index (χ0) is 12.2. The fourth-order valence-electron chi connectivity index (χ4n) is 0.935. The largest absolute Gasteiger partial charge is 0.294 e. The van der Waals surface area contributed by atoms with Gasteiger partial charge in [0.05, 0.1) is 5.04 Å². The Morgan fingerprint density at radius 2 is 1.81 bits per heavy atom. The number of nitrogens with one attached hydrogen (secondary N) is 1. The molecule has 0 aliphatic heterocycles. The number of thioether (sulfide) groups is 1. The predicted molar refractivity (Wildman–Crippen MR) is 76.2 cm³/mol. The molecule has 2 heteroatoms. The van der Waals surface area contributed by atoms with Gasteiger partial charge in [-0.05, 0) is 18.6 Å². The van der Waals surface area contributed by atoms with Crippen molar-refractivity contribution in [3.05, 3.63) is 48.0 Å². The molecule has 1 nitrogen and oxygen atoms in total. The molecule has 0 aromatic heterocycles. The van der Waals surface area contributed by atoms with Crippen LogP contribution >= 0.6 is 11.8 Å². The predicted octanol–water partition coefficient (Wildman–Crippen LogP) is 4.89. The van der Waals surface area contributed by atoms with Crippen LogP contribution in [0, 0.1) is 5.41 Å². The first-order chi connectivity index (χ1) is 7.74. The van der Waals surface area contributed by atoms with Gasteiger partial charge in [-0.15, -0.1) is 11.8 Å². The van der Waals surface area contributed by atoms with Crippen LogP contribution in [0.2, 0.25) is 0 Å². The summed E-state index contributed by atoms with van der Waals surface area (Å²) < 4.78 is 0. The van der Waals surface area contributed by atoms with E-state index in [9.17, 15) is 0 Å². The second kappa shape index (κ2) is 10.5. The molecule has 0 heterocycles. The van der Waals surface area contributed by atoms with Crippen molar-refractivity contribution < 1.29 is 0 Å². The van der Waals surface area contributed by atoms with E-state index < -0.39 is 0 Å². The standard InChI is InChI=1S/C11H13NS.C3H8/c1-2-6-11(12)13-9-10-7-4-3-5-8-10;1-3-2/h2-8,12H,9H2,1H3;3H2,1-2H3/b6-2-,12-11?;. The molecule has 1 aromatic carbocycles. The normalized spacial score (nSPS) is 9.69. The van der Waals surface area contributed by atoms with Crippen molar-refractivity contribution in [1.82, 2.24) is 0 Å². The van der Waals surface area contributed by atoms with Crippen LogP contribution in [0.1, 0.15) is 32.8 Å². The Labute approximate surface area is 103 Å². The van der Waals surface area contributed by atoms with Crippen LogP contribution in [0.15, 0.2) is 42.5 Å². The first-order valence-corrected chi connectivity index (χ1v) is 6.61. The van der Waals surface area contributed by atoms with Crippen molar-refractivity contribution in [1.29, 1.82) is 5.41 Å². The minimum absolute atomic E-state index is 0.617. The number of allylic oxidation sites excluding steroid dienone is 1. The number of hydrogen-bond donors (Lipinski definition) is 1. The van der Waals surface area contributed by atoms with Crippen LogP contribution in [0.5, 0.6) is 0 Å². The van der Waals surface area contributed by atoms with Gasteiger partial charge in [-0.2, -0.15) is 0 Å². The molecule has 1 aromatic rings. The Bertz CT molecular complexity index is 304. The molecule has 0 aliphatic rings. The van der Waals surface area contributed by atoms with Gasteiger partial charge in [0.1, 0.15) is 0 Å². The Balaban J connectivity index is 0.000000673. The zero-order valence-corrected chi connectivity index (χ0v) is 11.2. The quantitative estimate of drug-likeness (QED) is 0.585. The average Bonchev–Trinajstić information content (AvgIpc) is 2.29. The molecule has 0 atom stereocenters. The summed E-state index contributed by atoms with van der Waals surface area (Å²) in [6, 6.07) is 10.2. The lowest BCUT2D eigenvalue weighted by Crippen LogP contribution is -1.85. The molecule has 0 radical (unpaired) electrons. The fraction of sp³-hybridized carbons (Fsp3) is 0.357. The van der Waals surface area contributed by atoms with Gasteiger partial charge < -0.3 is 0 Å². The van der Waals surface area contributed by atoms with Crippen LogP contribution in [-0.4, -0.2) is 5.04 Å². The maximum absolute atomic E-state index is 7.51. The molecule has 0 amide bonds. The summed E-state index contributed by atoms with van der Waals surface area (Å²) in [5.74, 6) is 0.879. The topological polar surface area (TPSA) is 23.9 Å². The van der Waals surface area contributed by atoms with Crippen LogP contribution < -0.4 is 0 Å². The van der Waals surface area contributed by atoms with Crippen molar-refractivity contribution in [3.8, 4) is 0 Å². The summed E-state index contributed by atoms with van der Waals surface area (Å²) in [4.78, 5) is 0. The van der Waals surface area contributed by atoms with Gasteiger partial charge >= 0.3 is 0 Å². The molecule has 0 unspecified atom stereocenters. The minimum atomic E-state index is 0.617. The van der Waals surface area contributed by atoms with Gasteiger partial charge in [0.25, 0.3) is 0 Å². The fourth-order valence-corrected chi connectivity index (χ4v) is 1.68. The highest BCUT2D eigenvalue weighted by Crippen LogP contribution is 2.12. The Morgan fingerprint density at radius 1 is 1.25 bits per heavy atom. The molecule has 0 aliphatic carbocycles. The lowest BCUT2D eigenvalue weighted by atomic mass is 10.2. The first-order valence-electron chi connectivity index (χ1n) is 5.62. The minimum Gasteiger partial charge on any atom is -0.294 e. The second-order valence-electron chi connectivity index (χ2n) is 3.35. The summed E-state index contributed by atoms with van der Waals surface area (Å²) >= 11 is 1.55. The summed E-state index contributed by atoms with van der Waals surface area (Å²) in [6.45, 7) is 6.18. The third kappa shape index (κ3) is 8.30. The van der Waals surface area contributed by atoms with E-state index in [1.807, 2.05) is 37.3 Å². The van der Waals surface area contributed by atoms with Crippen molar-refractivity contribution >= 4 is 16.8 Å². The van der Waals surface area contributed by atoms with E-state index >= 15 is 0 Å². The molecule has 0 fully saturated rings. The zero-order valence-electron chi connectivity index (χ0n) is 10.4. The third-order valence-corrected chi connectivity index (χ3v) is 2.48. The van der Waals surface area contributed by atoms with E-state index in [4.69, 9.17) is 5.41 Å². The molecular weight excluding hydrogens is 214 g/mol. The molecule has 1 rings (SSSR count). The van der Waals surface area contributed by atoms with Gasteiger partial charge in [0.2, 0.25) is 0 Å². The van der Waals surface area contributed by atoms with E-state index in [1.165, 1.54) is 12.0 Å². The van der Waals surface area contributed by atoms with Crippen LogP contribution in [0.4, 0.5) is 0 Å². The summed E-state index contributed by atoms with van der Waals surface area (Å²) in [5, 5.41) is 8.13. The van der Waals surface area contributed by atoms with E-state index in [2.05, 4.69) is 26.0 Å². The average molecular weight is 235 g/mol. The Morgan fingerprint density at radius 3 is 2.31 bits per heavy atom. The van der Waals surface area contributed by atoms with Crippen molar-refractivity contribution in [3.63, 3.8) is 0 Å². The lowest BCUT2D eigenvalue weighted by molar-refractivity contribution is 1.09. The molecule has 88 valence electrons. The van der Waals surface area contributed by atoms with Crippen molar-refractivity contribution in [2.24, 2.45) is 0 Å². The highest BCUT2D eigenvalue weighted by atomic mass is 32.2. The molecule has 0 saturated carbocycles. The van der Waals surface area contributed by atoms with E-state index in [1.54, 1.807) is 11.8 Å².